The Balaban J connectivity index is 2.26. The zero-order chi connectivity index (χ0) is 12.9. The molecule has 4 heteroatoms. The van der Waals surface area contributed by atoms with Crippen molar-refractivity contribution in [2.75, 3.05) is 11.4 Å². The highest BCUT2D eigenvalue weighted by molar-refractivity contribution is 9.10. The molecule has 1 spiro atoms. The Kier molecular flexibility index (Phi) is 2.38. The van der Waals surface area contributed by atoms with Crippen LogP contribution in [0.4, 0.5) is 5.69 Å². The van der Waals surface area contributed by atoms with E-state index in [2.05, 4.69) is 34.3 Å². The Morgan fingerprint density at radius 3 is 2.89 bits per heavy atom. The number of ether oxygens (including phenoxy) is 1. The van der Waals surface area contributed by atoms with Crippen LogP contribution in [-0.4, -0.2) is 12.8 Å². The SMILES string of the molecule is C=C1N(CC)c2ccc(Br)cc2[C@]12OC=C2C=O. The molecular weight excluding hydrogens is 294 g/mol. The summed E-state index contributed by atoms with van der Waals surface area (Å²) in [5, 5.41) is 0. The van der Waals surface area contributed by atoms with Gasteiger partial charge in [0.2, 0.25) is 5.60 Å². The molecule has 0 amide bonds. The van der Waals surface area contributed by atoms with Crippen molar-refractivity contribution in [1.29, 1.82) is 0 Å². The van der Waals surface area contributed by atoms with E-state index in [1.165, 1.54) is 6.26 Å². The van der Waals surface area contributed by atoms with E-state index < -0.39 is 5.60 Å². The average molecular weight is 306 g/mol. The van der Waals surface area contributed by atoms with Crippen molar-refractivity contribution >= 4 is 27.9 Å². The second-order valence-corrected chi connectivity index (χ2v) is 5.26. The van der Waals surface area contributed by atoms with Gasteiger partial charge in [0.25, 0.3) is 0 Å². The quantitative estimate of drug-likeness (QED) is 0.786. The number of nitrogens with zero attached hydrogens (tertiary/aromatic N) is 1. The van der Waals surface area contributed by atoms with Crippen molar-refractivity contribution < 1.29 is 9.53 Å². The summed E-state index contributed by atoms with van der Waals surface area (Å²) in [5.74, 6) is 0. The molecule has 2 aliphatic heterocycles. The van der Waals surface area contributed by atoms with Crippen LogP contribution in [0.15, 0.2) is 46.8 Å². The van der Waals surface area contributed by atoms with Crippen LogP contribution in [-0.2, 0) is 15.1 Å². The second kappa shape index (κ2) is 3.72. The number of carbonyl (C=O) groups excluding carboxylic acids is 1. The highest BCUT2D eigenvalue weighted by atomic mass is 79.9. The summed E-state index contributed by atoms with van der Waals surface area (Å²) in [7, 11) is 0. The number of fused-ring (bicyclic) bond motifs is 2. The van der Waals surface area contributed by atoms with E-state index in [0.717, 1.165) is 34.3 Å². The number of likely N-dealkylation sites (N-methyl/N-ethyl adjacent to an activating group) is 1. The number of aldehydes is 1. The summed E-state index contributed by atoms with van der Waals surface area (Å²) < 4.78 is 6.62. The molecule has 1 aromatic rings. The molecule has 92 valence electrons. The predicted molar refractivity (Wildman–Crippen MR) is 73.2 cm³/mol. The van der Waals surface area contributed by atoms with Gasteiger partial charge in [-0.15, -0.1) is 0 Å². The van der Waals surface area contributed by atoms with E-state index in [4.69, 9.17) is 4.74 Å². The molecule has 3 rings (SSSR count). The van der Waals surface area contributed by atoms with Gasteiger partial charge < -0.3 is 9.64 Å². The maximum Gasteiger partial charge on any atom is 0.206 e. The Bertz CT molecular complexity index is 593. The van der Waals surface area contributed by atoms with Gasteiger partial charge in [0.15, 0.2) is 6.29 Å². The van der Waals surface area contributed by atoms with Crippen LogP contribution in [0.1, 0.15) is 12.5 Å². The number of carbonyl (C=O) groups is 1. The van der Waals surface area contributed by atoms with Crippen LogP contribution in [0.2, 0.25) is 0 Å². The second-order valence-electron chi connectivity index (χ2n) is 4.34. The Morgan fingerprint density at radius 2 is 2.33 bits per heavy atom. The predicted octanol–water partition coefficient (Wildman–Crippen LogP) is 3.11. The molecule has 2 heterocycles. The zero-order valence-corrected chi connectivity index (χ0v) is 11.5. The molecule has 1 aromatic carbocycles. The lowest BCUT2D eigenvalue weighted by Gasteiger charge is -2.38. The maximum atomic E-state index is 11.2. The molecule has 0 saturated carbocycles. The standard InChI is InChI=1S/C14H12BrNO2/c1-3-16-9(2)14(10(7-17)8-18-14)12-6-11(15)4-5-13(12)16/h4-8H,2-3H2,1H3/t14-/m0/s1. The summed E-state index contributed by atoms with van der Waals surface area (Å²) >= 11 is 3.46. The van der Waals surface area contributed by atoms with Crippen LogP contribution >= 0.6 is 15.9 Å². The van der Waals surface area contributed by atoms with E-state index in [9.17, 15) is 4.79 Å². The molecule has 0 unspecified atom stereocenters. The molecule has 3 nitrogen and oxygen atoms in total. The van der Waals surface area contributed by atoms with Gasteiger partial charge in [0.1, 0.15) is 0 Å². The number of hydrogen-bond acceptors (Lipinski definition) is 3. The van der Waals surface area contributed by atoms with Gasteiger partial charge >= 0.3 is 0 Å². The van der Waals surface area contributed by atoms with Crippen molar-refractivity contribution in [1.82, 2.24) is 0 Å². The smallest absolute Gasteiger partial charge is 0.206 e. The van der Waals surface area contributed by atoms with Crippen molar-refractivity contribution in [3.63, 3.8) is 0 Å². The monoisotopic (exact) mass is 305 g/mol. The first-order valence-corrected chi connectivity index (χ1v) is 6.55. The molecular formula is C14H12BrNO2. The largest absolute Gasteiger partial charge is 0.478 e. The molecule has 0 aliphatic carbocycles. The normalized spacial score (nSPS) is 24.4. The lowest BCUT2D eigenvalue weighted by Crippen LogP contribution is -2.40. The average Bonchev–Trinajstić information content (AvgIpc) is 2.57. The van der Waals surface area contributed by atoms with Gasteiger partial charge in [0.05, 0.1) is 17.5 Å². The van der Waals surface area contributed by atoms with Gasteiger partial charge in [-0.25, -0.2) is 0 Å². The minimum absolute atomic E-state index is 0.628. The van der Waals surface area contributed by atoms with E-state index >= 15 is 0 Å². The molecule has 1 atom stereocenters. The van der Waals surface area contributed by atoms with E-state index in [0.29, 0.717) is 5.57 Å². The highest BCUT2D eigenvalue weighted by Crippen LogP contribution is 2.56. The van der Waals surface area contributed by atoms with Crippen LogP contribution in [0.5, 0.6) is 0 Å². The van der Waals surface area contributed by atoms with Crippen LogP contribution in [0.25, 0.3) is 0 Å². The van der Waals surface area contributed by atoms with E-state index in [-0.39, 0.29) is 0 Å². The minimum atomic E-state index is -0.767. The Morgan fingerprint density at radius 1 is 1.56 bits per heavy atom. The van der Waals surface area contributed by atoms with Gasteiger partial charge in [-0.05, 0) is 25.1 Å². The number of halogens is 1. The molecule has 0 fully saturated rings. The molecule has 0 bridgehead atoms. The van der Waals surface area contributed by atoms with Gasteiger partial charge in [0, 0.05) is 22.3 Å². The summed E-state index contributed by atoms with van der Waals surface area (Å²) in [6, 6.07) is 6.00. The van der Waals surface area contributed by atoms with E-state index in [1.54, 1.807) is 0 Å². The Hall–Kier alpha value is -1.55. The maximum absolute atomic E-state index is 11.2. The third-order valence-corrected chi connectivity index (χ3v) is 4.07. The summed E-state index contributed by atoms with van der Waals surface area (Å²) in [5.41, 5.74) is 2.70. The van der Waals surface area contributed by atoms with Gasteiger partial charge in [-0.3, -0.25) is 4.79 Å². The molecule has 0 saturated heterocycles. The number of hydrogen-bond donors (Lipinski definition) is 0. The molecule has 18 heavy (non-hydrogen) atoms. The van der Waals surface area contributed by atoms with Crippen LogP contribution in [0, 0.1) is 0 Å². The van der Waals surface area contributed by atoms with Crippen molar-refractivity contribution in [3.8, 4) is 0 Å². The van der Waals surface area contributed by atoms with Crippen LogP contribution in [0.3, 0.4) is 0 Å². The fourth-order valence-corrected chi connectivity index (χ4v) is 3.05. The van der Waals surface area contributed by atoms with Crippen molar-refractivity contribution in [3.05, 3.63) is 52.3 Å². The summed E-state index contributed by atoms with van der Waals surface area (Å²) in [4.78, 5) is 13.2. The first-order chi connectivity index (χ1) is 8.65. The molecule has 0 radical (unpaired) electrons. The number of benzene rings is 1. The topological polar surface area (TPSA) is 29.5 Å². The van der Waals surface area contributed by atoms with Crippen LogP contribution < -0.4 is 4.90 Å². The Labute approximate surface area is 114 Å². The van der Waals surface area contributed by atoms with Crippen molar-refractivity contribution in [2.45, 2.75) is 12.5 Å². The first-order valence-electron chi connectivity index (χ1n) is 5.75. The third kappa shape index (κ3) is 1.16. The first kappa shape index (κ1) is 11.5. The van der Waals surface area contributed by atoms with E-state index in [1.807, 2.05) is 18.2 Å². The zero-order valence-electron chi connectivity index (χ0n) is 9.94. The molecule has 0 aromatic heterocycles. The third-order valence-electron chi connectivity index (χ3n) is 3.57. The fourth-order valence-electron chi connectivity index (χ4n) is 2.69. The molecule has 0 N–H and O–H groups in total. The molecule has 2 aliphatic rings. The summed E-state index contributed by atoms with van der Waals surface area (Å²) in [6.45, 7) is 6.96. The fraction of sp³-hybridized carbons (Fsp3) is 0.214. The van der Waals surface area contributed by atoms with Gasteiger partial charge in [-0.1, -0.05) is 22.5 Å². The highest BCUT2D eigenvalue weighted by Gasteiger charge is 2.55. The lowest BCUT2D eigenvalue weighted by molar-refractivity contribution is -0.109. The van der Waals surface area contributed by atoms with Crippen molar-refractivity contribution in [2.24, 2.45) is 0 Å². The lowest BCUT2D eigenvalue weighted by atomic mass is 9.83. The number of anilines is 1. The minimum Gasteiger partial charge on any atom is -0.478 e. The summed E-state index contributed by atoms with van der Waals surface area (Å²) in [6.07, 6.45) is 2.35. The van der Waals surface area contributed by atoms with Gasteiger partial charge in [-0.2, -0.15) is 0 Å². The number of rotatable bonds is 2.